The first-order valence-electron chi connectivity index (χ1n) is 6.68. The highest BCUT2D eigenvalue weighted by Gasteiger charge is 2.30. The van der Waals surface area contributed by atoms with Crippen LogP contribution in [0.3, 0.4) is 0 Å². The number of aryl methyl sites for hydroxylation is 1. The maximum Gasteiger partial charge on any atom is 0.326 e. The van der Waals surface area contributed by atoms with E-state index >= 15 is 0 Å². The van der Waals surface area contributed by atoms with Gasteiger partial charge in [0.1, 0.15) is 12.6 Å². The molecule has 1 atom stereocenters. The van der Waals surface area contributed by atoms with E-state index in [0.29, 0.717) is 13.0 Å². The zero-order chi connectivity index (χ0) is 14.7. The SMILES string of the molecule is Cc1csc(=O)n1CC(=O)N1CCCCCC1C(=O)O. The van der Waals surface area contributed by atoms with Gasteiger partial charge in [0.15, 0.2) is 0 Å². The van der Waals surface area contributed by atoms with Gasteiger partial charge in [-0.1, -0.05) is 24.2 Å². The number of aromatic nitrogens is 1. The summed E-state index contributed by atoms with van der Waals surface area (Å²) in [6.45, 7) is 2.15. The summed E-state index contributed by atoms with van der Waals surface area (Å²) in [4.78, 5) is 36.5. The molecule has 1 amide bonds. The van der Waals surface area contributed by atoms with Gasteiger partial charge < -0.3 is 10.0 Å². The minimum atomic E-state index is -0.963. The largest absolute Gasteiger partial charge is 0.480 e. The number of likely N-dealkylation sites (tertiary alicyclic amines) is 1. The van der Waals surface area contributed by atoms with E-state index < -0.39 is 12.0 Å². The summed E-state index contributed by atoms with van der Waals surface area (Å²) in [6.07, 6.45) is 3.05. The van der Waals surface area contributed by atoms with Crippen LogP contribution in [0.4, 0.5) is 0 Å². The Morgan fingerprint density at radius 2 is 2.15 bits per heavy atom. The predicted octanol–water partition coefficient (Wildman–Crippen LogP) is 1.07. The smallest absolute Gasteiger partial charge is 0.326 e. The molecule has 1 aromatic heterocycles. The molecule has 110 valence electrons. The summed E-state index contributed by atoms with van der Waals surface area (Å²) in [7, 11) is 0. The Morgan fingerprint density at radius 1 is 1.40 bits per heavy atom. The number of hydrogen-bond donors (Lipinski definition) is 1. The molecule has 0 aliphatic carbocycles. The van der Waals surface area contributed by atoms with Crippen molar-refractivity contribution in [3.8, 4) is 0 Å². The maximum absolute atomic E-state index is 12.3. The fourth-order valence-electron chi connectivity index (χ4n) is 2.49. The van der Waals surface area contributed by atoms with Crippen molar-refractivity contribution in [2.45, 2.75) is 45.2 Å². The van der Waals surface area contributed by atoms with Crippen molar-refractivity contribution < 1.29 is 14.7 Å². The second-order valence-electron chi connectivity index (χ2n) is 5.02. The van der Waals surface area contributed by atoms with Gasteiger partial charge in [-0.05, 0) is 19.8 Å². The number of carbonyl (C=O) groups excluding carboxylic acids is 1. The van der Waals surface area contributed by atoms with E-state index in [9.17, 15) is 19.5 Å². The van der Waals surface area contributed by atoms with Crippen molar-refractivity contribution >= 4 is 23.2 Å². The number of aliphatic carboxylic acids is 1. The van der Waals surface area contributed by atoms with Crippen LogP contribution in [-0.4, -0.2) is 39.0 Å². The Kier molecular flexibility index (Phi) is 4.59. The van der Waals surface area contributed by atoms with Gasteiger partial charge in [0.05, 0.1) is 0 Å². The van der Waals surface area contributed by atoms with Gasteiger partial charge in [-0.2, -0.15) is 0 Å². The summed E-state index contributed by atoms with van der Waals surface area (Å²) in [5.41, 5.74) is 0.732. The number of carboxylic acid groups (broad SMARTS) is 1. The van der Waals surface area contributed by atoms with Gasteiger partial charge in [-0.15, -0.1) is 0 Å². The topological polar surface area (TPSA) is 79.6 Å². The molecule has 6 nitrogen and oxygen atoms in total. The average Bonchev–Trinajstić information content (AvgIpc) is 2.64. The third-order valence-electron chi connectivity index (χ3n) is 3.63. The number of rotatable bonds is 3. The zero-order valence-electron chi connectivity index (χ0n) is 11.4. The summed E-state index contributed by atoms with van der Waals surface area (Å²) >= 11 is 1.05. The van der Waals surface area contributed by atoms with Crippen molar-refractivity contribution in [3.63, 3.8) is 0 Å². The summed E-state index contributed by atoms with van der Waals surface area (Å²) in [5.74, 6) is -1.25. The Hall–Kier alpha value is -1.63. The fraction of sp³-hybridized carbons (Fsp3) is 0.615. The van der Waals surface area contributed by atoms with Crippen LogP contribution in [0.15, 0.2) is 10.2 Å². The van der Waals surface area contributed by atoms with E-state index in [2.05, 4.69) is 0 Å². The highest BCUT2D eigenvalue weighted by molar-refractivity contribution is 7.07. The van der Waals surface area contributed by atoms with Gasteiger partial charge in [0.25, 0.3) is 0 Å². The molecule has 0 aromatic carbocycles. The highest BCUT2D eigenvalue weighted by Crippen LogP contribution is 2.17. The summed E-state index contributed by atoms with van der Waals surface area (Å²) in [5, 5.41) is 11.0. The summed E-state index contributed by atoms with van der Waals surface area (Å²) < 4.78 is 1.40. The quantitative estimate of drug-likeness (QED) is 0.905. The molecule has 1 aliphatic heterocycles. The number of nitrogens with zero attached hydrogens (tertiary/aromatic N) is 2. The normalized spacial score (nSPS) is 19.6. The van der Waals surface area contributed by atoms with E-state index in [4.69, 9.17) is 0 Å². The first-order valence-corrected chi connectivity index (χ1v) is 7.56. The zero-order valence-corrected chi connectivity index (χ0v) is 12.2. The first kappa shape index (κ1) is 14.8. The number of amides is 1. The molecule has 1 fully saturated rings. The molecule has 1 aliphatic rings. The molecule has 1 saturated heterocycles. The summed E-state index contributed by atoms with van der Waals surface area (Å²) in [6, 6.07) is -0.764. The molecule has 2 rings (SSSR count). The Balaban J connectivity index is 2.17. The predicted molar refractivity (Wildman–Crippen MR) is 74.9 cm³/mol. The molecule has 1 aromatic rings. The lowest BCUT2D eigenvalue weighted by molar-refractivity contribution is -0.150. The number of hydrogen-bond acceptors (Lipinski definition) is 4. The van der Waals surface area contributed by atoms with Gasteiger partial charge in [-0.3, -0.25) is 14.2 Å². The lowest BCUT2D eigenvalue weighted by Crippen LogP contribution is -2.46. The van der Waals surface area contributed by atoms with Crippen LogP contribution in [0, 0.1) is 6.92 Å². The van der Waals surface area contributed by atoms with Crippen molar-refractivity contribution in [1.82, 2.24) is 9.47 Å². The molecule has 2 heterocycles. The molecule has 0 spiro atoms. The van der Waals surface area contributed by atoms with Crippen LogP contribution in [-0.2, 0) is 16.1 Å². The van der Waals surface area contributed by atoms with E-state index in [0.717, 1.165) is 36.3 Å². The Morgan fingerprint density at radius 3 is 2.75 bits per heavy atom. The fourth-order valence-corrected chi connectivity index (χ4v) is 3.22. The molecule has 0 bridgehead atoms. The average molecular weight is 298 g/mol. The number of carboxylic acids is 1. The van der Waals surface area contributed by atoms with Crippen molar-refractivity contribution in [1.29, 1.82) is 0 Å². The van der Waals surface area contributed by atoms with Crippen LogP contribution in [0.5, 0.6) is 0 Å². The molecular weight excluding hydrogens is 280 g/mol. The number of thiazole rings is 1. The van der Waals surface area contributed by atoms with Crippen molar-refractivity contribution in [2.75, 3.05) is 6.54 Å². The van der Waals surface area contributed by atoms with Gasteiger partial charge in [0.2, 0.25) is 5.91 Å². The van der Waals surface area contributed by atoms with Crippen LogP contribution in [0.1, 0.15) is 31.4 Å². The third-order valence-corrected chi connectivity index (χ3v) is 4.51. The van der Waals surface area contributed by atoms with E-state index in [1.54, 1.807) is 12.3 Å². The Labute approximate surface area is 120 Å². The van der Waals surface area contributed by atoms with Crippen LogP contribution >= 0.6 is 11.3 Å². The molecule has 1 unspecified atom stereocenters. The molecule has 0 saturated carbocycles. The van der Waals surface area contributed by atoms with Gasteiger partial charge in [-0.25, -0.2) is 4.79 Å². The minimum absolute atomic E-state index is 0.0715. The molecule has 0 radical (unpaired) electrons. The maximum atomic E-state index is 12.3. The van der Waals surface area contributed by atoms with Crippen molar-refractivity contribution in [2.24, 2.45) is 0 Å². The van der Waals surface area contributed by atoms with E-state index in [1.807, 2.05) is 0 Å². The minimum Gasteiger partial charge on any atom is -0.480 e. The second kappa shape index (κ2) is 6.21. The molecule has 1 N–H and O–H groups in total. The molecule has 7 heteroatoms. The second-order valence-corrected chi connectivity index (χ2v) is 5.84. The molecule has 20 heavy (non-hydrogen) atoms. The highest BCUT2D eigenvalue weighted by atomic mass is 32.1. The standard InChI is InChI=1S/C13H18N2O4S/c1-9-8-20-13(19)15(9)7-11(16)14-6-4-2-3-5-10(14)12(17)18/h8,10H,2-7H2,1H3,(H,17,18). The van der Waals surface area contributed by atoms with Crippen molar-refractivity contribution in [3.05, 3.63) is 20.7 Å². The molecular formula is C13H18N2O4S. The number of carbonyl (C=O) groups is 2. The van der Waals surface area contributed by atoms with Gasteiger partial charge in [0, 0.05) is 17.6 Å². The lowest BCUT2D eigenvalue weighted by Gasteiger charge is -2.27. The monoisotopic (exact) mass is 298 g/mol. The van der Waals surface area contributed by atoms with Crippen LogP contribution < -0.4 is 4.87 Å². The van der Waals surface area contributed by atoms with E-state index in [1.165, 1.54) is 9.47 Å². The lowest BCUT2D eigenvalue weighted by atomic mass is 10.1. The van der Waals surface area contributed by atoms with E-state index in [-0.39, 0.29) is 17.3 Å². The van der Waals surface area contributed by atoms with Crippen LogP contribution in [0.2, 0.25) is 0 Å². The van der Waals surface area contributed by atoms with Gasteiger partial charge >= 0.3 is 10.8 Å². The first-order chi connectivity index (χ1) is 9.50. The third kappa shape index (κ3) is 3.09. The Bertz CT molecular complexity index is 563. The van der Waals surface area contributed by atoms with Crippen LogP contribution in [0.25, 0.3) is 0 Å².